The molecule has 27 heavy (non-hydrogen) atoms. The molecule has 0 fully saturated rings. The first-order chi connectivity index (χ1) is 13.3. The zero-order chi connectivity index (χ0) is 18.5. The number of rotatable bonds is 6. The van der Waals surface area contributed by atoms with Gasteiger partial charge in [-0.25, -0.2) is 9.37 Å². The van der Waals surface area contributed by atoms with Crippen molar-refractivity contribution in [1.29, 1.82) is 0 Å². The average molecular weight is 357 g/mol. The van der Waals surface area contributed by atoms with E-state index in [9.17, 15) is 4.39 Å². The van der Waals surface area contributed by atoms with Gasteiger partial charge < -0.3 is 10.6 Å². The van der Waals surface area contributed by atoms with Crippen LogP contribution in [-0.4, -0.2) is 4.98 Å². The zero-order valence-corrected chi connectivity index (χ0v) is 14.8. The third kappa shape index (κ3) is 4.42. The number of aromatic nitrogens is 1. The number of pyridine rings is 1. The summed E-state index contributed by atoms with van der Waals surface area (Å²) in [5, 5.41) is 7.76. The molecule has 0 radical (unpaired) electrons. The summed E-state index contributed by atoms with van der Waals surface area (Å²) in [4.78, 5) is 4.64. The molecule has 134 valence electrons. The van der Waals surface area contributed by atoms with Crippen LogP contribution in [0, 0.1) is 5.82 Å². The number of nitrogens with zero attached hydrogens (tertiary/aromatic N) is 1. The maximum atomic E-state index is 13.3. The van der Waals surface area contributed by atoms with E-state index in [1.165, 1.54) is 17.7 Å². The molecule has 3 aromatic carbocycles. The van der Waals surface area contributed by atoms with E-state index in [0.717, 1.165) is 34.5 Å². The van der Waals surface area contributed by atoms with Crippen molar-refractivity contribution in [3.05, 3.63) is 102 Å². The minimum atomic E-state index is -0.226. The summed E-state index contributed by atoms with van der Waals surface area (Å²) in [6.07, 6.45) is 0. The first kappa shape index (κ1) is 17.0. The van der Waals surface area contributed by atoms with E-state index in [1.54, 1.807) is 6.07 Å². The Morgan fingerprint density at radius 3 is 2.37 bits per heavy atom. The molecule has 0 aliphatic heterocycles. The maximum Gasteiger partial charge on any atom is 0.126 e. The molecule has 0 saturated heterocycles. The molecule has 0 amide bonds. The van der Waals surface area contributed by atoms with Crippen molar-refractivity contribution in [3.8, 4) is 0 Å². The lowest BCUT2D eigenvalue weighted by atomic mass is 10.1. The van der Waals surface area contributed by atoms with Gasteiger partial charge in [-0.05, 0) is 53.6 Å². The minimum absolute atomic E-state index is 0.226. The molecular formula is C23H20FN3. The fraction of sp³-hybridized carbons (Fsp3) is 0.0870. The molecule has 0 atom stereocenters. The van der Waals surface area contributed by atoms with Crippen LogP contribution in [0.4, 0.5) is 15.9 Å². The fourth-order valence-electron chi connectivity index (χ4n) is 2.97. The number of halogens is 1. The van der Waals surface area contributed by atoms with Crippen molar-refractivity contribution in [2.75, 3.05) is 10.6 Å². The van der Waals surface area contributed by atoms with Crippen LogP contribution in [0.5, 0.6) is 0 Å². The number of benzene rings is 3. The predicted octanol–water partition coefficient (Wildman–Crippen LogP) is 5.60. The highest BCUT2D eigenvalue weighted by Gasteiger charge is 2.02. The van der Waals surface area contributed by atoms with Crippen LogP contribution >= 0.6 is 0 Å². The molecule has 4 rings (SSSR count). The van der Waals surface area contributed by atoms with Gasteiger partial charge in [0.1, 0.15) is 11.6 Å². The third-order valence-electron chi connectivity index (χ3n) is 4.39. The largest absolute Gasteiger partial charge is 0.381 e. The van der Waals surface area contributed by atoms with E-state index in [-0.39, 0.29) is 5.82 Å². The quantitative estimate of drug-likeness (QED) is 0.472. The van der Waals surface area contributed by atoms with Gasteiger partial charge in [0.05, 0.1) is 5.52 Å². The summed E-state index contributed by atoms with van der Waals surface area (Å²) in [7, 11) is 0. The molecular weight excluding hydrogens is 337 g/mol. The second kappa shape index (κ2) is 7.87. The van der Waals surface area contributed by atoms with Crippen LogP contribution < -0.4 is 10.6 Å². The molecule has 1 heterocycles. The molecule has 0 aliphatic rings. The molecule has 0 aliphatic carbocycles. The summed E-state index contributed by atoms with van der Waals surface area (Å²) in [6.45, 7) is 1.32. The van der Waals surface area contributed by atoms with Gasteiger partial charge in [0, 0.05) is 24.2 Å². The van der Waals surface area contributed by atoms with Gasteiger partial charge in [0.25, 0.3) is 0 Å². The van der Waals surface area contributed by atoms with Gasteiger partial charge in [-0.15, -0.1) is 0 Å². The van der Waals surface area contributed by atoms with Crippen molar-refractivity contribution < 1.29 is 4.39 Å². The standard InChI is InChI=1S/C23H20FN3/c24-20-8-4-7-18(13-20)16-26-23-12-9-19-14-21(10-11-22(19)27-23)25-15-17-5-2-1-3-6-17/h1-14,25H,15-16H2,(H,26,27). The van der Waals surface area contributed by atoms with Crippen LogP contribution in [0.15, 0.2) is 84.9 Å². The topological polar surface area (TPSA) is 37.0 Å². The first-order valence-corrected chi connectivity index (χ1v) is 8.93. The number of fused-ring (bicyclic) bond motifs is 1. The van der Waals surface area contributed by atoms with Gasteiger partial charge in [0.15, 0.2) is 0 Å². The Bertz CT molecular complexity index is 1050. The van der Waals surface area contributed by atoms with E-state index in [2.05, 4.69) is 33.8 Å². The number of anilines is 2. The highest BCUT2D eigenvalue weighted by molar-refractivity contribution is 5.83. The van der Waals surface area contributed by atoms with Crippen molar-refractivity contribution in [2.24, 2.45) is 0 Å². The lowest BCUT2D eigenvalue weighted by Gasteiger charge is -2.10. The van der Waals surface area contributed by atoms with Crippen molar-refractivity contribution in [3.63, 3.8) is 0 Å². The SMILES string of the molecule is Fc1cccc(CNc2ccc3cc(NCc4ccccc4)ccc3n2)c1. The molecule has 0 spiro atoms. The van der Waals surface area contributed by atoms with E-state index < -0.39 is 0 Å². The predicted molar refractivity (Wildman–Crippen MR) is 109 cm³/mol. The molecule has 3 nitrogen and oxygen atoms in total. The minimum Gasteiger partial charge on any atom is -0.381 e. The van der Waals surface area contributed by atoms with Crippen LogP contribution in [0.1, 0.15) is 11.1 Å². The molecule has 1 aromatic heterocycles. The average Bonchev–Trinajstić information content (AvgIpc) is 2.71. The second-order valence-electron chi connectivity index (χ2n) is 6.43. The van der Waals surface area contributed by atoms with Crippen LogP contribution in [0.2, 0.25) is 0 Å². The van der Waals surface area contributed by atoms with E-state index >= 15 is 0 Å². The Kier molecular flexibility index (Phi) is 4.97. The smallest absolute Gasteiger partial charge is 0.126 e. The summed E-state index contributed by atoms with van der Waals surface area (Å²) in [6, 6.07) is 27.0. The second-order valence-corrected chi connectivity index (χ2v) is 6.43. The molecule has 0 unspecified atom stereocenters. The van der Waals surface area contributed by atoms with Gasteiger partial charge in [0.2, 0.25) is 0 Å². The molecule has 2 N–H and O–H groups in total. The van der Waals surface area contributed by atoms with E-state index in [4.69, 9.17) is 0 Å². The van der Waals surface area contributed by atoms with Crippen molar-refractivity contribution in [2.45, 2.75) is 13.1 Å². The van der Waals surface area contributed by atoms with Crippen molar-refractivity contribution in [1.82, 2.24) is 4.98 Å². The fourth-order valence-corrected chi connectivity index (χ4v) is 2.97. The molecule has 4 heteroatoms. The molecule has 0 saturated carbocycles. The summed E-state index contributed by atoms with van der Waals surface area (Å²) in [5.41, 5.74) is 4.11. The Labute approximate surface area is 157 Å². The van der Waals surface area contributed by atoms with Crippen molar-refractivity contribution >= 4 is 22.4 Å². The number of hydrogen-bond donors (Lipinski definition) is 2. The maximum absolute atomic E-state index is 13.3. The number of nitrogens with one attached hydrogen (secondary N) is 2. The Morgan fingerprint density at radius 2 is 1.52 bits per heavy atom. The van der Waals surface area contributed by atoms with Gasteiger partial charge in [-0.2, -0.15) is 0 Å². The van der Waals surface area contributed by atoms with Gasteiger partial charge >= 0.3 is 0 Å². The summed E-state index contributed by atoms with van der Waals surface area (Å²) in [5.74, 6) is 0.549. The third-order valence-corrected chi connectivity index (χ3v) is 4.39. The number of hydrogen-bond acceptors (Lipinski definition) is 3. The zero-order valence-electron chi connectivity index (χ0n) is 14.8. The Hall–Kier alpha value is -3.40. The summed E-state index contributed by atoms with van der Waals surface area (Å²) >= 11 is 0. The molecule has 0 bridgehead atoms. The van der Waals surface area contributed by atoms with Crippen LogP contribution in [-0.2, 0) is 13.1 Å². The first-order valence-electron chi connectivity index (χ1n) is 8.93. The lowest BCUT2D eigenvalue weighted by molar-refractivity contribution is 0.626. The van der Waals surface area contributed by atoms with Crippen LogP contribution in [0.3, 0.4) is 0 Å². The normalized spacial score (nSPS) is 10.7. The molecule has 4 aromatic rings. The summed E-state index contributed by atoms with van der Waals surface area (Å²) < 4.78 is 13.3. The van der Waals surface area contributed by atoms with Crippen LogP contribution in [0.25, 0.3) is 10.9 Å². The monoisotopic (exact) mass is 357 g/mol. The highest BCUT2D eigenvalue weighted by atomic mass is 19.1. The van der Waals surface area contributed by atoms with E-state index in [0.29, 0.717) is 6.54 Å². The van der Waals surface area contributed by atoms with Gasteiger partial charge in [-0.3, -0.25) is 0 Å². The Balaban J connectivity index is 1.43. The lowest BCUT2D eigenvalue weighted by Crippen LogP contribution is -2.02. The van der Waals surface area contributed by atoms with Gasteiger partial charge in [-0.1, -0.05) is 42.5 Å². The highest BCUT2D eigenvalue weighted by Crippen LogP contribution is 2.20. The van der Waals surface area contributed by atoms with E-state index in [1.807, 2.05) is 48.5 Å². The Morgan fingerprint density at radius 1 is 0.704 bits per heavy atom.